The minimum absolute atomic E-state index is 0.106. The van der Waals surface area contributed by atoms with E-state index in [-0.39, 0.29) is 23.4 Å². The van der Waals surface area contributed by atoms with E-state index in [1.807, 2.05) is 13.8 Å². The molecule has 0 unspecified atom stereocenters. The van der Waals surface area contributed by atoms with Crippen molar-refractivity contribution in [3.63, 3.8) is 0 Å². The Labute approximate surface area is 169 Å². The minimum Gasteiger partial charge on any atom is -0.507 e. The van der Waals surface area contributed by atoms with E-state index in [0.717, 1.165) is 13.1 Å². The van der Waals surface area contributed by atoms with Gasteiger partial charge in [-0.2, -0.15) is 0 Å². The standard InChI is InChI=1S/C22H24FN3O3/c1-3-25(4-2)13-14-26-19(16-7-5-6-8-17(16)23)18(21(28)22(26)29)20(27)15-9-11-24-12-10-15/h5-12,19,27H,3-4,13-14H2,1-2H3/b20-18-/t19-/m1/s1. The monoisotopic (exact) mass is 397 g/mol. The molecule has 2 aromatic rings. The van der Waals surface area contributed by atoms with Crippen LogP contribution in [0.1, 0.15) is 31.0 Å². The van der Waals surface area contributed by atoms with Crippen LogP contribution in [-0.2, 0) is 9.59 Å². The van der Waals surface area contributed by atoms with E-state index < -0.39 is 23.5 Å². The van der Waals surface area contributed by atoms with Crippen LogP contribution in [0.25, 0.3) is 5.76 Å². The van der Waals surface area contributed by atoms with Gasteiger partial charge in [-0.25, -0.2) is 4.39 Å². The van der Waals surface area contributed by atoms with Crippen LogP contribution in [0, 0.1) is 5.82 Å². The highest BCUT2D eigenvalue weighted by molar-refractivity contribution is 6.46. The van der Waals surface area contributed by atoms with Gasteiger partial charge in [-0.1, -0.05) is 32.0 Å². The van der Waals surface area contributed by atoms with Gasteiger partial charge in [0.05, 0.1) is 11.6 Å². The van der Waals surface area contributed by atoms with Crippen LogP contribution < -0.4 is 0 Å². The summed E-state index contributed by atoms with van der Waals surface area (Å²) >= 11 is 0. The largest absolute Gasteiger partial charge is 0.507 e. The number of nitrogens with zero attached hydrogens (tertiary/aromatic N) is 3. The van der Waals surface area contributed by atoms with Gasteiger partial charge in [-0.3, -0.25) is 14.6 Å². The molecular formula is C22H24FN3O3. The molecule has 1 fully saturated rings. The van der Waals surface area contributed by atoms with E-state index in [0.29, 0.717) is 12.1 Å². The smallest absolute Gasteiger partial charge is 0.295 e. The Balaban J connectivity index is 2.11. The van der Waals surface area contributed by atoms with Crippen molar-refractivity contribution in [2.45, 2.75) is 19.9 Å². The van der Waals surface area contributed by atoms with E-state index in [1.165, 1.54) is 41.6 Å². The predicted molar refractivity (Wildman–Crippen MR) is 107 cm³/mol. The van der Waals surface area contributed by atoms with Gasteiger partial charge in [-0.15, -0.1) is 0 Å². The quantitative estimate of drug-likeness (QED) is 0.442. The van der Waals surface area contributed by atoms with E-state index in [1.54, 1.807) is 12.1 Å². The SMILES string of the molecule is CCN(CC)CCN1C(=O)C(=O)/C(=C(\O)c2ccncc2)[C@H]1c1ccccc1F. The molecule has 1 amide bonds. The zero-order chi connectivity index (χ0) is 21.0. The summed E-state index contributed by atoms with van der Waals surface area (Å²) in [6, 6.07) is 8.11. The Hall–Kier alpha value is -3.06. The van der Waals surface area contributed by atoms with Crippen LogP contribution in [0.2, 0.25) is 0 Å². The van der Waals surface area contributed by atoms with Gasteiger partial charge in [-0.05, 0) is 31.3 Å². The summed E-state index contributed by atoms with van der Waals surface area (Å²) in [7, 11) is 0. The first kappa shape index (κ1) is 20.7. The molecule has 1 aliphatic rings. The highest BCUT2D eigenvalue weighted by Gasteiger charge is 2.46. The third-order valence-electron chi connectivity index (χ3n) is 5.25. The van der Waals surface area contributed by atoms with Gasteiger partial charge in [0.15, 0.2) is 0 Å². The maximum Gasteiger partial charge on any atom is 0.295 e. The summed E-state index contributed by atoms with van der Waals surface area (Å²) < 4.78 is 14.7. The average molecular weight is 397 g/mol. The molecule has 1 aromatic carbocycles. The highest BCUT2D eigenvalue weighted by atomic mass is 19.1. The zero-order valence-corrected chi connectivity index (χ0v) is 16.5. The van der Waals surface area contributed by atoms with Crippen molar-refractivity contribution < 1.29 is 19.1 Å². The third-order valence-corrected chi connectivity index (χ3v) is 5.25. The predicted octanol–water partition coefficient (Wildman–Crippen LogP) is 2.98. The second kappa shape index (κ2) is 8.96. The molecule has 0 aliphatic carbocycles. The Morgan fingerprint density at radius 1 is 1.14 bits per heavy atom. The lowest BCUT2D eigenvalue weighted by atomic mass is 9.95. The lowest BCUT2D eigenvalue weighted by molar-refractivity contribution is -0.140. The number of hydrogen-bond acceptors (Lipinski definition) is 5. The van der Waals surface area contributed by atoms with Gasteiger partial charge in [0.25, 0.3) is 11.7 Å². The lowest BCUT2D eigenvalue weighted by Crippen LogP contribution is -2.38. The number of ketones is 1. The number of aliphatic hydroxyl groups excluding tert-OH is 1. The number of carbonyl (C=O) groups excluding carboxylic acids is 2. The van der Waals surface area contributed by atoms with Gasteiger partial charge >= 0.3 is 0 Å². The van der Waals surface area contributed by atoms with Crippen LogP contribution in [0.15, 0.2) is 54.4 Å². The van der Waals surface area contributed by atoms with Crippen LogP contribution in [0.3, 0.4) is 0 Å². The van der Waals surface area contributed by atoms with Gasteiger partial charge in [0, 0.05) is 36.6 Å². The summed E-state index contributed by atoms with van der Waals surface area (Å²) in [5, 5.41) is 10.8. The second-order valence-corrected chi connectivity index (χ2v) is 6.78. The number of amides is 1. The number of Topliss-reactive ketones (excluding diaryl/α,β-unsaturated/α-hetero) is 1. The molecule has 1 N–H and O–H groups in total. The van der Waals surface area contributed by atoms with E-state index in [2.05, 4.69) is 9.88 Å². The average Bonchev–Trinajstić information content (AvgIpc) is 2.99. The van der Waals surface area contributed by atoms with Crippen molar-refractivity contribution in [1.82, 2.24) is 14.8 Å². The van der Waals surface area contributed by atoms with Gasteiger partial charge in [0.1, 0.15) is 11.6 Å². The van der Waals surface area contributed by atoms with E-state index in [4.69, 9.17) is 0 Å². The van der Waals surface area contributed by atoms with Crippen molar-refractivity contribution in [2.24, 2.45) is 0 Å². The zero-order valence-electron chi connectivity index (χ0n) is 16.5. The lowest BCUT2D eigenvalue weighted by Gasteiger charge is -2.28. The topological polar surface area (TPSA) is 73.7 Å². The fourth-order valence-corrected chi connectivity index (χ4v) is 3.59. The fourth-order valence-electron chi connectivity index (χ4n) is 3.59. The molecule has 152 valence electrons. The van der Waals surface area contributed by atoms with Gasteiger partial charge in [0.2, 0.25) is 0 Å². The summed E-state index contributed by atoms with van der Waals surface area (Å²) in [5.41, 5.74) is 0.427. The number of carbonyl (C=O) groups is 2. The number of hydrogen-bond donors (Lipinski definition) is 1. The number of halogens is 1. The van der Waals surface area contributed by atoms with E-state index in [9.17, 15) is 19.1 Å². The van der Waals surface area contributed by atoms with Crippen LogP contribution in [0.4, 0.5) is 4.39 Å². The third kappa shape index (κ3) is 4.05. The minimum atomic E-state index is -0.986. The molecule has 2 heterocycles. The molecule has 3 rings (SSSR count). The van der Waals surface area contributed by atoms with Gasteiger partial charge < -0.3 is 14.9 Å². The molecule has 1 aromatic heterocycles. The first-order chi connectivity index (χ1) is 14.0. The molecule has 0 spiro atoms. The first-order valence-corrected chi connectivity index (χ1v) is 9.65. The highest BCUT2D eigenvalue weighted by Crippen LogP contribution is 2.40. The summed E-state index contributed by atoms with van der Waals surface area (Å²) in [6.07, 6.45) is 2.95. The number of rotatable bonds is 7. The molecule has 0 bridgehead atoms. The maximum absolute atomic E-state index is 14.7. The molecule has 1 saturated heterocycles. The van der Waals surface area contributed by atoms with Crippen molar-refractivity contribution in [3.8, 4) is 0 Å². The Morgan fingerprint density at radius 2 is 1.79 bits per heavy atom. The van der Waals surface area contributed by atoms with E-state index >= 15 is 0 Å². The normalized spacial score (nSPS) is 18.6. The molecular weight excluding hydrogens is 373 g/mol. The molecule has 29 heavy (non-hydrogen) atoms. The van der Waals surface area contributed by atoms with Crippen molar-refractivity contribution in [1.29, 1.82) is 0 Å². The summed E-state index contributed by atoms with van der Waals surface area (Å²) in [5.74, 6) is -2.41. The number of likely N-dealkylation sites (tertiary alicyclic amines) is 1. The van der Waals surface area contributed by atoms with Crippen molar-refractivity contribution >= 4 is 17.4 Å². The van der Waals surface area contributed by atoms with Crippen LogP contribution in [-0.4, -0.2) is 57.8 Å². The fraction of sp³-hybridized carbons (Fsp3) is 0.318. The Morgan fingerprint density at radius 3 is 2.41 bits per heavy atom. The summed E-state index contributed by atoms with van der Waals surface area (Å²) in [6.45, 7) is 6.40. The Kier molecular flexibility index (Phi) is 6.39. The number of benzene rings is 1. The second-order valence-electron chi connectivity index (χ2n) is 6.78. The Bertz CT molecular complexity index is 926. The van der Waals surface area contributed by atoms with Crippen molar-refractivity contribution in [3.05, 3.63) is 71.3 Å². The number of aliphatic hydroxyl groups is 1. The molecule has 0 saturated carbocycles. The number of pyridine rings is 1. The number of likely N-dealkylation sites (N-methyl/N-ethyl adjacent to an activating group) is 1. The molecule has 1 aliphatic heterocycles. The molecule has 6 nitrogen and oxygen atoms in total. The van der Waals surface area contributed by atoms with Crippen LogP contribution in [0.5, 0.6) is 0 Å². The van der Waals surface area contributed by atoms with Crippen molar-refractivity contribution in [2.75, 3.05) is 26.2 Å². The first-order valence-electron chi connectivity index (χ1n) is 9.65. The molecule has 7 heteroatoms. The molecule has 0 radical (unpaired) electrons. The molecule has 1 atom stereocenters. The van der Waals surface area contributed by atoms with Crippen LogP contribution >= 0.6 is 0 Å². The summed E-state index contributed by atoms with van der Waals surface area (Å²) in [4.78, 5) is 33.0. The maximum atomic E-state index is 14.7. The number of aromatic nitrogens is 1.